The van der Waals surface area contributed by atoms with Crippen LogP contribution in [0.15, 0.2) is 18.2 Å². The minimum Gasteiger partial charge on any atom is -0.497 e. The van der Waals surface area contributed by atoms with Crippen LogP contribution < -0.4 is 15.2 Å². The fraction of sp³-hybridized carbons (Fsp3) is 0.562. The second-order valence-electron chi connectivity index (χ2n) is 5.34. The monoisotopic (exact) mass is 308 g/mol. The van der Waals surface area contributed by atoms with Crippen molar-refractivity contribution in [1.29, 1.82) is 0 Å². The Morgan fingerprint density at radius 2 is 2.09 bits per heavy atom. The summed E-state index contributed by atoms with van der Waals surface area (Å²) in [7, 11) is 4.82. The average Bonchev–Trinajstić information content (AvgIpc) is 2.59. The van der Waals surface area contributed by atoms with Gasteiger partial charge in [0, 0.05) is 32.3 Å². The predicted octanol–water partition coefficient (Wildman–Crippen LogP) is 1.28. The van der Waals surface area contributed by atoms with Gasteiger partial charge in [0.15, 0.2) is 0 Å². The number of carbonyl (C=O) groups excluding carboxylic acids is 1. The van der Waals surface area contributed by atoms with Crippen LogP contribution in [0.5, 0.6) is 11.5 Å². The van der Waals surface area contributed by atoms with Crippen molar-refractivity contribution in [1.82, 2.24) is 4.90 Å². The topological polar surface area (TPSA) is 74.0 Å². The van der Waals surface area contributed by atoms with Gasteiger partial charge in [-0.3, -0.25) is 4.79 Å². The maximum atomic E-state index is 12.9. The van der Waals surface area contributed by atoms with Crippen molar-refractivity contribution in [3.8, 4) is 11.5 Å². The predicted molar refractivity (Wildman–Crippen MR) is 83.5 cm³/mol. The molecule has 1 aromatic rings. The smallest absolute Gasteiger partial charge is 0.257 e. The molecular formula is C16H24N2O4. The van der Waals surface area contributed by atoms with Crippen LogP contribution in [-0.4, -0.2) is 57.4 Å². The van der Waals surface area contributed by atoms with Crippen LogP contribution in [0.2, 0.25) is 0 Å². The van der Waals surface area contributed by atoms with Crippen LogP contribution in [0.4, 0.5) is 0 Å². The standard InChI is InChI=1S/C16H24N2O4/c1-20-12-4-5-14(15(9-12)22-3)16(19)18-7-6-13(21-2)8-11(18)10-17/h4-5,9,11,13H,6-8,10,17H2,1-3H3. The lowest BCUT2D eigenvalue weighted by atomic mass is 9.98. The molecule has 1 fully saturated rings. The van der Waals surface area contributed by atoms with Gasteiger partial charge in [-0.15, -0.1) is 0 Å². The zero-order valence-electron chi connectivity index (χ0n) is 13.4. The molecular weight excluding hydrogens is 284 g/mol. The zero-order valence-corrected chi connectivity index (χ0v) is 13.4. The van der Waals surface area contributed by atoms with E-state index in [1.165, 1.54) is 0 Å². The Labute approximate surface area is 131 Å². The SMILES string of the molecule is COc1ccc(C(=O)N2CCC(OC)CC2CN)c(OC)c1. The van der Waals surface area contributed by atoms with Crippen LogP contribution >= 0.6 is 0 Å². The van der Waals surface area contributed by atoms with Gasteiger partial charge < -0.3 is 24.8 Å². The summed E-state index contributed by atoms with van der Waals surface area (Å²) in [5, 5.41) is 0. The van der Waals surface area contributed by atoms with Crippen molar-refractivity contribution in [3.05, 3.63) is 23.8 Å². The minimum atomic E-state index is -0.0653. The van der Waals surface area contributed by atoms with Crippen molar-refractivity contribution < 1.29 is 19.0 Å². The number of hydrogen-bond donors (Lipinski definition) is 1. The van der Waals surface area contributed by atoms with Gasteiger partial charge in [-0.25, -0.2) is 0 Å². The van der Waals surface area contributed by atoms with Gasteiger partial charge in [-0.05, 0) is 25.0 Å². The number of hydrogen-bond acceptors (Lipinski definition) is 5. The minimum absolute atomic E-state index is 0.0157. The van der Waals surface area contributed by atoms with E-state index in [2.05, 4.69) is 0 Å². The lowest BCUT2D eigenvalue weighted by Crippen LogP contribution is -2.51. The van der Waals surface area contributed by atoms with E-state index >= 15 is 0 Å². The number of likely N-dealkylation sites (tertiary alicyclic amines) is 1. The maximum absolute atomic E-state index is 12.9. The molecule has 0 aliphatic carbocycles. The lowest BCUT2D eigenvalue weighted by Gasteiger charge is -2.38. The molecule has 1 aliphatic heterocycles. The molecule has 1 aliphatic rings. The van der Waals surface area contributed by atoms with Crippen LogP contribution in [0.1, 0.15) is 23.2 Å². The summed E-state index contributed by atoms with van der Waals surface area (Å²) in [6.45, 7) is 1.05. The van der Waals surface area contributed by atoms with E-state index in [-0.39, 0.29) is 18.1 Å². The van der Waals surface area contributed by atoms with Gasteiger partial charge in [-0.1, -0.05) is 0 Å². The average molecular weight is 308 g/mol. The van der Waals surface area contributed by atoms with E-state index in [4.69, 9.17) is 19.9 Å². The number of methoxy groups -OCH3 is 3. The second-order valence-corrected chi connectivity index (χ2v) is 5.34. The Balaban J connectivity index is 2.23. The van der Waals surface area contributed by atoms with Gasteiger partial charge in [0.25, 0.3) is 5.91 Å². The molecule has 2 rings (SSSR count). The van der Waals surface area contributed by atoms with E-state index < -0.39 is 0 Å². The maximum Gasteiger partial charge on any atom is 0.257 e. The van der Waals surface area contributed by atoms with Crippen molar-refractivity contribution >= 4 is 5.91 Å². The summed E-state index contributed by atoms with van der Waals surface area (Å²) < 4.78 is 15.9. The van der Waals surface area contributed by atoms with Crippen molar-refractivity contribution in [2.75, 3.05) is 34.4 Å². The van der Waals surface area contributed by atoms with Crippen LogP contribution in [0.25, 0.3) is 0 Å². The largest absolute Gasteiger partial charge is 0.497 e. The normalized spacial score (nSPS) is 21.5. The molecule has 2 atom stereocenters. The molecule has 22 heavy (non-hydrogen) atoms. The molecule has 0 radical (unpaired) electrons. The first-order chi connectivity index (χ1) is 10.6. The third kappa shape index (κ3) is 3.34. The lowest BCUT2D eigenvalue weighted by molar-refractivity contribution is 0.0137. The fourth-order valence-corrected chi connectivity index (χ4v) is 2.85. The molecule has 0 saturated carbocycles. The van der Waals surface area contributed by atoms with Crippen LogP contribution in [0.3, 0.4) is 0 Å². The number of amides is 1. The summed E-state index contributed by atoms with van der Waals surface area (Å²) in [5.41, 5.74) is 6.37. The highest BCUT2D eigenvalue weighted by Crippen LogP contribution is 2.28. The first-order valence-electron chi connectivity index (χ1n) is 7.40. The third-order valence-electron chi connectivity index (χ3n) is 4.17. The number of carbonyl (C=O) groups is 1. The van der Waals surface area contributed by atoms with Gasteiger partial charge in [0.1, 0.15) is 11.5 Å². The quantitative estimate of drug-likeness (QED) is 0.887. The van der Waals surface area contributed by atoms with E-state index in [1.54, 1.807) is 39.5 Å². The number of piperidine rings is 1. The number of ether oxygens (including phenoxy) is 3. The van der Waals surface area contributed by atoms with Gasteiger partial charge in [-0.2, -0.15) is 0 Å². The second kappa shape index (κ2) is 7.47. The third-order valence-corrected chi connectivity index (χ3v) is 4.17. The molecule has 6 nitrogen and oxygen atoms in total. The molecule has 2 unspecified atom stereocenters. The molecule has 1 amide bonds. The molecule has 1 aromatic carbocycles. The Kier molecular flexibility index (Phi) is 5.63. The first-order valence-corrected chi connectivity index (χ1v) is 7.40. The highest BCUT2D eigenvalue weighted by Gasteiger charge is 2.32. The summed E-state index contributed by atoms with van der Waals surface area (Å²) in [6, 6.07) is 5.19. The molecule has 0 aromatic heterocycles. The Morgan fingerprint density at radius 1 is 1.32 bits per heavy atom. The zero-order chi connectivity index (χ0) is 16.1. The van der Waals surface area contributed by atoms with Gasteiger partial charge >= 0.3 is 0 Å². The first kappa shape index (κ1) is 16.6. The Hall–Kier alpha value is -1.79. The Morgan fingerprint density at radius 3 is 2.68 bits per heavy atom. The number of nitrogens with zero attached hydrogens (tertiary/aromatic N) is 1. The van der Waals surface area contributed by atoms with Crippen molar-refractivity contribution in [3.63, 3.8) is 0 Å². The summed E-state index contributed by atoms with van der Waals surface area (Å²) in [4.78, 5) is 14.7. The van der Waals surface area contributed by atoms with E-state index in [9.17, 15) is 4.79 Å². The van der Waals surface area contributed by atoms with E-state index in [0.717, 1.165) is 12.8 Å². The Bertz CT molecular complexity index is 521. The molecule has 2 N–H and O–H groups in total. The molecule has 0 bridgehead atoms. The molecule has 1 saturated heterocycles. The van der Waals surface area contributed by atoms with Gasteiger partial charge in [0.2, 0.25) is 0 Å². The van der Waals surface area contributed by atoms with Crippen LogP contribution in [0, 0.1) is 0 Å². The van der Waals surface area contributed by atoms with Gasteiger partial charge in [0.05, 0.1) is 25.9 Å². The van der Waals surface area contributed by atoms with E-state index in [0.29, 0.717) is 30.2 Å². The summed E-state index contributed by atoms with van der Waals surface area (Å²) in [6.07, 6.45) is 1.74. The van der Waals surface area contributed by atoms with E-state index in [1.807, 2.05) is 4.90 Å². The van der Waals surface area contributed by atoms with Crippen molar-refractivity contribution in [2.45, 2.75) is 25.0 Å². The highest BCUT2D eigenvalue weighted by molar-refractivity contribution is 5.97. The summed E-state index contributed by atoms with van der Waals surface area (Å²) in [5.74, 6) is 1.10. The van der Waals surface area contributed by atoms with Crippen molar-refractivity contribution in [2.24, 2.45) is 5.73 Å². The van der Waals surface area contributed by atoms with Crippen LogP contribution in [-0.2, 0) is 4.74 Å². The molecule has 1 heterocycles. The highest BCUT2D eigenvalue weighted by atomic mass is 16.5. The number of benzene rings is 1. The molecule has 122 valence electrons. The fourth-order valence-electron chi connectivity index (χ4n) is 2.85. The molecule has 6 heteroatoms. The number of rotatable bonds is 5. The summed E-state index contributed by atoms with van der Waals surface area (Å²) >= 11 is 0. The number of nitrogens with two attached hydrogens (primary N) is 1. The molecule has 0 spiro atoms.